The Hall–Kier alpha value is -1.69. The molecule has 0 spiro atoms. The number of halogens is 2. The first-order chi connectivity index (χ1) is 12.4. The van der Waals surface area contributed by atoms with Gasteiger partial charge in [0.15, 0.2) is 0 Å². The molecule has 0 radical (unpaired) electrons. The van der Waals surface area contributed by atoms with Crippen molar-refractivity contribution in [3.05, 3.63) is 52.5 Å². The first-order valence-electron chi connectivity index (χ1n) is 8.26. The number of hydrogen-bond donors (Lipinski definition) is 2. The van der Waals surface area contributed by atoms with Crippen molar-refractivity contribution in [1.82, 2.24) is 0 Å². The third-order valence-corrected chi connectivity index (χ3v) is 5.60. The van der Waals surface area contributed by atoms with Gasteiger partial charge < -0.3 is 10.6 Å². The molecule has 26 heavy (non-hydrogen) atoms. The maximum absolute atomic E-state index is 12.4. The van der Waals surface area contributed by atoms with Crippen molar-refractivity contribution in [3.63, 3.8) is 0 Å². The van der Waals surface area contributed by atoms with E-state index in [2.05, 4.69) is 10.6 Å². The van der Waals surface area contributed by atoms with Gasteiger partial charge in [-0.05, 0) is 62.2 Å². The van der Waals surface area contributed by atoms with E-state index in [1.54, 1.807) is 18.2 Å². The highest BCUT2D eigenvalue weighted by atomic mass is 35.5. The number of carbonyl (C=O) groups is 2. The van der Waals surface area contributed by atoms with Crippen LogP contribution in [0.15, 0.2) is 47.4 Å². The van der Waals surface area contributed by atoms with Crippen LogP contribution in [-0.2, 0) is 9.59 Å². The van der Waals surface area contributed by atoms with Crippen molar-refractivity contribution in [2.45, 2.75) is 29.9 Å². The van der Waals surface area contributed by atoms with Crippen molar-refractivity contribution in [1.29, 1.82) is 0 Å². The molecule has 0 saturated heterocycles. The van der Waals surface area contributed by atoms with Gasteiger partial charge in [0.25, 0.3) is 0 Å². The molecule has 136 valence electrons. The maximum Gasteiger partial charge on any atom is 0.237 e. The lowest BCUT2D eigenvalue weighted by atomic mass is 10.3. The molecule has 0 heterocycles. The summed E-state index contributed by atoms with van der Waals surface area (Å²) in [5.41, 5.74) is 1.31. The Balaban J connectivity index is 1.55. The molecule has 0 aliphatic heterocycles. The molecule has 7 heteroatoms. The maximum atomic E-state index is 12.4. The molecule has 2 N–H and O–H groups in total. The minimum absolute atomic E-state index is 0.0815. The van der Waals surface area contributed by atoms with E-state index in [0.717, 1.165) is 23.4 Å². The molecule has 3 rings (SSSR count). The molecular formula is C19H18Cl2N2O2S. The summed E-state index contributed by atoms with van der Waals surface area (Å²) in [6.45, 7) is 1.83. The number of thioether (sulfide) groups is 1. The van der Waals surface area contributed by atoms with Crippen LogP contribution >= 0.6 is 35.0 Å². The monoisotopic (exact) mass is 408 g/mol. The first-order valence-corrected chi connectivity index (χ1v) is 9.89. The summed E-state index contributed by atoms with van der Waals surface area (Å²) < 4.78 is 0. The smallest absolute Gasteiger partial charge is 0.237 e. The first kappa shape index (κ1) is 19.1. The van der Waals surface area contributed by atoms with E-state index in [1.165, 1.54) is 11.8 Å². The number of amides is 2. The Morgan fingerprint density at radius 1 is 1.08 bits per heavy atom. The molecule has 1 saturated carbocycles. The SMILES string of the molecule is CC(Sc1ccc(NC(=O)C2CC2)cc1)C(=O)Nc1ccc(Cl)cc1Cl. The lowest BCUT2D eigenvalue weighted by molar-refractivity contribution is -0.117. The largest absolute Gasteiger partial charge is 0.326 e. The van der Waals surface area contributed by atoms with Gasteiger partial charge in [0.2, 0.25) is 11.8 Å². The minimum atomic E-state index is -0.311. The van der Waals surface area contributed by atoms with Crippen LogP contribution in [0.25, 0.3) is 0 Å². The van der Waals surface area contributed by atoms with Gasteiger partial charge in [0.05, 0.1) is 16.0 Å². The van der Waals surface area contributed by atoms with E-state index in [1.807, 2.05) is 31.2 Å². The van der Waals surface area contributed by atoms with E-state index in [0.29, 0.717) is 15.7 Å². The van der Waals surface area contributed by atoms with Crippen LogP contribution in [0.5, 0.6) is 0 Å². The molecule has 2 aromatic rings. The predicted molar refractivity (Wildman–Crippen MR) is 108 cm³/mol. The summed E-state index contributed by atoms with van der Waals surface area (Å²) in [6.07, 6.45) is 1.95. The highest BCUT2D eigenvalue weighted by Gasteiger charge is 2.29. The second-order valence-electron chi connectivity index (χ2n) is 6.16. The summed E-state index contributed by atoms with van der Waals surface area (Å²) in [7, 11) is 0. The zero-order valence-corrected chi connectivity index (χ0v) is 16.4. The molecule has 2 aromatic carbocycles. The predicted octanol–water partition coefficient (Wildman–Crippen LogP) is 5.46. The number of hydrogen-bond acceptors (Lipinski definition) is 3. The fourth-order valence-electron chi connectivity index (χ4n) is 2.29. The van der Waals surface area contributed by atoms with E-state index in [9.17, 15) is 9.59 Å². The van der Waals surface area contributed by atoms with Gasteiger partial charge in [-0.3, -0.25) is 9.59 Å². The summed E-state index contributed by atoms with van der Waals surface area (Å²) >= 11 is 13.4. The number of benzene rings is 2. The van der Waals surface area contributed by atoms with Crippen LogP contribution in [-0.4, -0.2) is 17.1 Å². The molecule has 1 aliphatic rings. The van der Waals surface area contributed by atoms with E-state index in [4.69, 9.17) is 23.2 Å². The Bertz CT molecular complexity index is 823. The van der Waals surface area contributed by atoms with E-state index >= 15 is 0 Å². The molecule has 2 amide bonds. The zero-order valence-electron chi connectivity index (χ0n) is 14.1. The third kappa shape index (κ3) is 5.16. The Kier molecular flexibility index (Phi) is 6.12. The van der Waals surface area contributed by atoms with Crippen LogP contribution < -0.4 is 10.6 Å². The van der Waals surface area contributed by atoms with Crippen LogP contribution in [0.1, 0.15) is 19.8 Å². The average Bonchev–Trinajstić information content (AvgIpc) is 3.44. The van der Waals surface area contributed by atoms with Crippen molar-refractivity contribution >= 4 is 58.2 Å². The van der Waals surface area contributed by atoms with E-state index < -0.39 is 0 Å². The third-order valence-electron chi connectivity index (χ3n) is 3.94. The van der Waals surface area contributed by atoms with E-state index in [-0.39, 0.29) is 23.0 Å². The van der Waals surface area contributed by atoms with Crippen molar-refractivity contribution in [3.8, 4) is 0 Å². The van der Waals surface area contributed by atoms with Crippen LogP contribution in [0.3, 0.4) is 0 Å². The molecule has 1 atom stereocenters. The summed E-state index contributed by atoms with van der Waals surface area (Å²) in [6, 6.07) is 12.4. The highest BCUT2D eigenvalue weighted by Crippen LogP contribution is 2.31. The van der Waals surface area contributed by atoms with Crippen molar-refractivity contribution in [2.24, 2.45) is 5.92 Å². The Labute approximate surface area is 166 Å². The number of carbonyl (C=O) groups excluding carboxylic acids is 2. The zero-order chi connectivity index (χ0) is 18.7. The fraction of sp³-hybridized carbons (Fsp3) is 0.263. The second-order valence-corrected chi connectivity index (χ2v) is 8.42. The molecule has 1 fully saturated rings. The van der Waals surface area contributed by atoms with Gasteiger partial charge in [0.1, 0.15) is 0 Å². The van der Waals surface area contributed by atoms with Gasteiger partial charge in [0, 0.05) is 21.5 Å². The average molecular weight is 409 g/mol. The van der Waals surface area contributed by atoms with Gasteiger partial charge in [-0.1, -0.05) is 23.2 Å². The van der Waals surface area contributed by atoms with Crippen LogP contribution in [0.2, 0.25) is 10.0 Å². The topological polar surface area (TPSA) is 58.2 Å². The highest BCUT2D eigenvalue weighted by molar-refractivity contribution is 8.00. The Morgan fingerprint density at radius 3 is 2.38 bits per heavy atom. The van der Waals surface area contributed by atoms with Gasteiger partial charge in [-0.15, -0.1) is 11.8 Å². The molecular weight excluding hydrogens is 391 g/mol. The molecule has 0 aromatic heterocycles. The molecule has 1 aliphatic carbocycles. The molecule has 1 unspecified atom stereocenters. The molecule has 4 nitrogen and oxygen atoms in total. The van der Waals surface area contributed by atoms with Gasteiger partial charge >= 0.3 is 0 Å². The van der Waals surface area contributed by atoms with Crippen LogP contribution in [0.4, 0.5) is 11.4 Å². The lowest BCUT2D eigenvalue weighted by Crippen LogP contribution is -2.22. The minimum Gasteiger partial charge on any atom is -0.326 e. The lowest BCUT2D eigenvalue weighted by Gasteiger charge is -2.13. The summed E-state index contributed by atoms with van der Waals surface area (Å²) in [5, 5.41) is 6.31. The molecule has 0 bridgehead atoms. The second kappa shape index (κ2) is 8.33. The standard InChI is InChI=1S/C19H18Cl2N2O2S/c1-11(18(24)23-17-9-4-13(20)10-16(17)21)26-15-7-5-14(6-8-15)22-19(25)12-2-3-12/h4-12H,2-3H2,1H3,(H,22,25)(H,23,24). The Morgan fingerprint density at radius 2 is 1.77 bits per heavy atom. The van der Waals surface area contributed by atoms with Crippen molar-refractivity contribution in [2.75, 3.05) is 10.6 Å². The summed E-state index contributed by atoms with van der Waals surface area (Å²) in [4.78, 5) is 25.1. The normalized spacial score (nSPS) is 14.6. The number of rotatable bonds is 6. The van der Waals surface area contributed by atoms with Gasteiger partial charge in [-0.25, -0.2) is 0 Å². The number of nitrogens with one attached hydrogen (secondary N) is 2. The van der Waals surface area contributed by atoms with Gasteiger partial charge in [-0.2, -0.15) is 0 Å². The quantitative estimate of drug-likeness (QED) is 0.623. The summed E-state index contributed by atoms with van der Waals surface area (Å²) in [5.74, 6) is 0.107. The van der Waals surface area contributed by atoms with Crippen LogP contribution in [0, 0.1) is 5.92 Å². The van der Waals surface area contributed by atoms with Crippen molar-refractivity contribution < 1.29 is 9.59 Å². The fourth-order valence-corrected chi connectivity index (χ4v) is 3.61. The number of anilines is 2.